The van der Waals surface area contributed by atoms with Crippen molar-refractivity contribution >= 4 is 12.0 Å². The zero-order valence-corrected chi connectivity index (χ0v) is 12.0. The molecule has 0 aliphatic heterocycles. The van der Waals surface area contributed by atoms with Crippen molar-refractivity contribution in [1.82, 2.24) is 25.4 Å². The largest absolute Gasteiger partial charge is 0.480 e. The minimum absolute atomic E-state index is 0.197. The van der Waals surface area contributed by atoms with Crippen LogP contribution in [0.5, 0.6) is 0 Å². The van der Waals surface area contributed by atoms with Gasteiger partial charge in [-0.3, -0.25) is 0 Å². The van der Waals surface area contributed by atoms with E-state index in [2.05, 4.69) is 20.8 Å². The van der Waals surface area contributed by atoms with Crippen molar-refractivity contribution in [2.75, 3.05) is 0 Å². The van der Waals surface area contributed by atoms with E-state index in [0.29, 0.717) is 25.2 Å². The molecular weight excluding hydrogens is 262 g/mol. The monoisotopic (exact) mass is 283 g/mol. The van der Waals surface area contributed by atoms with Crippen LogP contribution in [-0.2, 0) is 17.9 Å². The Morgan fingerprint density at radius 2 is 2.00 bits per heavy atom. The summed E-state index contributed by atoms with van der Waals surface area (Å²) in [7, 11) is 0. The Balaban J connectivity index is 2.61. The van der Waals surface area contributed by atoms with E-state index in [-0.39, 0.29) is 6.54 Å². The normalized spacial score (nSPS) is 11.2. The second kappa shape index (κ2) is 6.88. The highest BCUT2D eigenvalue weighted by molar-refractivity contribution is 5.86. The van der Waals surface area contributed by atoms with Crippen LogP contribution in [-0.4, -0.2) is 37.4 Å². The van der Waals surface area contributed by atoms with E-state index in [1.807, 2.05) is 6.92 Å². The number of carboxylic acid groups (broad SMARTS) is 1. The smallest absolute Gasteiger partial charge is 0.329 e. The lowest BCUT2D eigenvalue weighted by Gasteiger charge is -2.27. The number of urea groups is 1. The van der Waals surface area contributed by atoms with E-state index in [0.717, 1.165) is 0 Å². The Hall–Kier alpha value is -2.12. The standard InChI is InChI=1S/C12H21N5O3/c1-4-12(5-2,10(18)19)15-11(20)13-7-9-16-14-8-17(9)6-3/h8H,4-7H2,1-3H3,(H,18,19)(H2,13,15,20). The summed E-state index contributed by atoms with van der Waals surface area (Å²) in [6.07, 6.45) is 2.21. The molecule has 0 atom stereocenters. The molecule has 0 radical (unpaired) electrons. The summed E-state index contributed by atoms with van der Waals surface area (Å²) in [6.45, 7) is 6.30. The number of nitrogens with one attached hydrogen (secondary N) is 2. The Labute approximate surface area is 117 Å². The molecule has 1 aromatic rings. The summed E-state index contributed by atoms with van der Waals surface area (Å²) in [5.74, 6) is -0.411. The predicted octanol–water partition coefficient (Wildman–Crippen LogP) is 0.741. The van der Waals surface area contributed by atoms with Gasteiger partial charge < -0.3 is 20.3 Å². The molecule has 0 fully saturated rings. The van der Waals surface area contributed by atoms with Crippen LogP contribution in [0.15, 0.2) is 6.33 Å². The van der Waals surface area contributed by atoms with Gasteiger partial charge in [0.1, 0.15) is 11.9 Å². The first-order valence-corrected chi connectivity index (χ1v) is 6.65. The fraction of sp³-hybridized carbons (Fsp3) is 0.667. The van der Waals surface area contributed by atoms with Crippen LogP contribution in [0, 0.1) is 0 Å². The molecule has 0 aliphatic carbocycles. The second-order valence-corrected chi connectivity index (χ2v) is 4.44. The van der Waals surface area contributed by atoms with E-state index >= 15 is 0 Å². The quantitative estimate of drug-likeness (QED) is 0.684. The first-order valence-electron chi connectivity index (χ1n) is 6.65. The number of aromatic nitrogens is 3. The molecule has 1 rings (SSSR count). The first kappa shape index (κ1) is 15.9. The number of carbonyl (C=O) groups excluding carboxylic acids is 1. The van der Waals surface area contributed by atoms with Crippen LogP contribution in [0.25, 0.3) is 0 Å². The highest BCUT2D eigenvalue weighted by Crippen LogP contribution is 2.15. The molecule has 1 heterocycles. The molecule has 0 saturated heterocycles. The molecule has 0 spiro atoms. The van der Waals surface area contributed by atoms with Crippen molar-refractivity contribution in [3.8, 4) is 0 Å². The highest BCUT2D eigenvalue weighted by atomic mass is 16.4. The lowest BCUT2D eigenvalue weighted by molar-refractivity contribution is -0.144. The molecular formula is C12H21N5O3. The van der Waals surface area contributed by atoms with Crippen LogP contribution < -0.4 is 10.6 Å². The molecule has 20 heavy (non-hydrogen) atoms. The summed E-state index contributed by atoms with van der Waals surface area (Å²) in [6, 6.07) is -0.526. The number of amides is 2. The summed E-state index contributed by atoms with van der Waals surface area (Å²) in [5, 5.41) is 22.0. The number of nitrogens with zero attached hydrogens (tertiary/aromatic N) is 3. The Morgan fingerprint density at radius 3 is 2.50 bits per heavy atom. The third-order valence-electron chi connectivity index (χ3n) is 3.41. The topological polar surface area (TPSA) is 109 Å². The number of carbonyl (C=O) groups is 2. The van der Waals surface area contributed by atoms with Crippen LogP contribution in [0.3, 0.4) is 0 Å². The zero-order chi connectivity index (χ0) is 15.2. The minimum atomic E-state index is -1.23. The number of aliphatic carboxylic acids is 1. The van der Waals surface area contributed by atoms with Crippen molar-refractivity contribution < 1.29 is 14.7 Å². The van der Waals surface area contributed by atoms with Crippen LogP contribution in [0.2, 0.25) is 0 Å². The molecule has 0 bridgehead atoms. The number of hydrogen-bond acceptors (Lipinski definition) is 4. The second-order valence-electron chi connectivity index (χ2n) is 4.44. The molecule has 112 valence electrons. The number of carboxylic acids is 1. The van der Waals surface area contributed by atoms with Crippen LogP contribution >= 0.6 is 0 Å². The van der Waals surface area contributed by atoms with Crippen LogP contribution in [0.1, 0.15) is 39.4 Å². The van der Waals surface area contributed by atoms with Gasteiger partial charge in [0, 0.05) is 6.54 Å². The SMILES string of the molecule is CCn1cnnc1CNC(=O)NC(CC)(CC)C(=O)O. The number of rotatable bonds is 7. The molecule has 0 unspecified atom stereocenters. The van der Waals surface area contributed by atoms with Crippen molar-refractivity contribution in [2.24, 2.45) is 0 Å². The van der Waals surface area contributed by atoms with Gasteiger partial charge >= 0.3 is 12.0 Å². The zero-order valence-electron chi connectivity index (χ0n) is 12.0. The fourth-order valence-electron chi connectivity index (χ4n) is 1.88. The van der Waals surface area contributed by atoms with Crippen molar-refractivity contribution in [1.29, 1.82) is 0 Å². The molecule has 0 aromatic carbocycles. The van der Waals surface area contributed by atoms with Gasteiger partial charge in [0.25, 0.3) is 0 Å². The van der Waals surface area contributed by atoms with Gasteiger partial charge in [-0.15, -0.1) is 10.2 Å². The molecule has 0 saturated carbocycles. The van der Waals surface area contributed by atoms with Crippen molar-refractivity contribution in [3.63, 3.8) is 0 Å². The summed E-state index contributed by atoms with van der Waals surface area (Å²) in [5.41, 5.74) is -1.23. The maximum atomic E-state index is 11.8. The van der Waals surface area contributed by atoms with Gasteiger partial charge in [-0.05, 0) is 19.8 Å². The number of hydrogen-bond donors (Lipinski definition) is 3. The third kappa shape index (κ3) is 3.46. The Kier molecular flexibility index (Phi) is 5.48. The molecule has 0 aliphatic rings. The third-order valence-corrected chi connectivity index (χ3v) is 3.41. The minimum Gasteiger partial charge on any atom is -0.480 e. The van der Waals surface area contributed by atoms with E-state index in [1.165, 1.54) is 0 Å². The average molecular weight is 283 g/mol. The van der Waals surface area contributed by atoms with Gasteiger partial charge in [-0.25, -0.2) is 9.59 Å². The van der Waals surface area contributed by atoms with Crippen molar-refractivity contribution in [3.05, 3.63) is 12.2 Å². The lowest BCUT2D eigenvalue weighted by Crippen LogP contribution is -2.56. The maximum Gasteiger partial charge on any atom is 0.329 e. The van der Waals surface area contributed by atoms with E-state index < -0.39 is 17.5 Å². The first-order chi connectivity index (χ1) is 9.49. The van der Waals surface area contributed by atoms with Gasteiger partial charge in [-0.1, -0.05) is 13.8 Å². The summed E-state index contributed by atoms with van der Waals surface area (Å²) in [4.78, 5) is 23.1. The molecule has 3 N–H and O–H groups in total. The highest BCUT2D eigenvalue weighted by Gasteiger charge is 2.36. The van der Waals surface area contributed by atoms with Gasteiger partial charge in [-0.2, -0.15) is 0 Å². The van der Waals surface area contributed by atoms with E-state index in [1.54, 1.807) is 24.7 Å². The molecule has 8 heteroatoms. The van der Waals surface area contributed by atoms with Crippen LogP contribution in [0.4, 0.5) is 4.79 Å². The molecule has 1 aromatic heterocycles. The molecule has 2 amide bonds. The summed E-state index contributed by atoms with van der Waals surface area (Å²) >= 11 is 0. The Bertz CT molecular complexity index is 467. The lowest BCUT2D eigenvalue weighted by atomic mass is 9.93. The van der Waals surface area contributed by atoms with Crippen molar-refractivity contribution in [2.45, 2.75) is 52.2 Å². The van der Waals surface area contributed by atoms with E-state index in [4.69, 9.17) is 0 Å². The average Bonchev–Trinajstić information content (AvgIpc) is 2.89. The number of aryl methyl sites for hydroxylation is 1. The predicted molar refractivity (Wildman–Crippen MR) is 72.0 cm³/mol. The van der Waals surface area contributed by atoms with Gasteiger partial charge in [0.15, 0.2) is 5.82 Å². The maximum absolute atomic E-state index is 11.8. The Morgan fingerprint density at radius 1 is 1.35 bits per heavy atom. The fourth-order valence-corrected chi connectivity index (χ4v) is 1.88. The molecule has 8 nitrogen and oxygen atoms in total. The summed E-state index contributed by atoms with van der Waals surface area (Å²) < 4.78 is 1.80. The van der Waals surface area contributed by atoms with Gasteiger partial charge in [0.2, 0.25) is 0 Å². The van der Waals surface area contributed by atoms with Gasteiger partial charge in [0.05, 0.1) is 6.54 Å². The van der Waals surface area contributed by atoms with E-state index in [9.17, 15) is 14.7 Å².